The lowest BCUT2D eigenvalue weighted by atomic mass is 10.1. The van der Waals surface area contributed by atoms with Gasteiger partial charge in [0, 0.05) is 5.69 Å². The topological polar surface area (TPSA) is 87.7 Å². The fourth-order valence-electron chi connectivity index (χ4n) is 2.37. The largest absolute Gasteiger partial charge is 0.484 e. The van der Waals surface area contributed by atoms with Crippen LogP contribution in [0.2, 0.25) is 0 Å². The van der Waals surface area contributed by atoms with Crippen LogP contribution in [0.15, 0.2) is 36.4 Å². The summed E-state index contributed by atoms with van der Waals surface area (Å²) in [5.41, 5.74) is 3.55. The van der Waals surface area contributed by atoms with Gasteiger partial charge in [0.25, 0.3) is 5.91 Å². The molecule has 7 heteroatoms. The molecule has 26 heavy (non-hydrogen) atoms. The lowest BCUT2D eigenvalue weighted by Gasteiger charge is -2.13. The summed E-state index contributed by atoms with van der Waals surface area (Å²) in [7, 11) is 0. The van der Waals surface area contributed by atoms with Crippen LogP contribution in [0.5, 0.6) is 5.75 Å². The monoisotopic (exact) mass is 372 g/mol. The number of hydrogen-bond donors (Lipinski definition) is 3. The zero-order chi connectivity index (χ0) is 19.3. The predicted octanol–water partition coefficient (Wildman–Crippen LogP) is 3.20. The van der Waals surface area contributed by atoms with Gasteiger partial charge in [-0.15, -0.1) is 0 Å². The minimum atomic E-state index is -1.04. The van der Waals surface area contributed by atoms with Crippen LogP contribution in [0.1, 0.15) is 27.0 Å². The Morgan fingerprint density at radius 3 is 2.35 bits per heavy atom. The number of carbonyl (C=O) groups is 2. The molecule has 0 aromatic heterocycles. The lowest BCUT2D eigenvalue weighted by molar-refractivity contribution is -0.121. The van der Waals surface area contributed by atoms with Gasteiger partial charge in [0.2, 0.25) is 0 Å². The van der Waals surface area contributed by atoms with Crippen LogP contribution in [0.4, 0.5) is 5.69 Å². The highest BCUT2D eigenvalue weighted by molar-refractivity contribution is 7.80. The van der Waals surface area contributed by atoms with Gasteiger partial charge in [0.1, 0.15) is 5.75 Å². The number of amides is 1. The van der Waals surface area contributed by atoms with Crippen molar-refractivity contribution in [1.29, 1.82) is 0 Å². The quantitative estimate of drug-likeness (QED) is 0.699. The van der Waals surface area contributed by atoms with Crippen LogP contribution in [-0.2, 0) is 4.79 Å². The van der Waals surface area contributed by atoms with E-state index in [1.807, 2.05) is 39.0 Å². The molecule has 0 heterocycles. The van der Waals surface area contributed by atoms with Crippen LogP contribution in [-0.4, -0.2) is 28.7 Å². The van der Waals surface area contributed by atoms with Gasteiger partial charge in [-0.2, -0.15) is 0 Å². The number of aryl methyl sites for hydroxylation is 3. The van der Waals surface area contributed by atoms with E-state index in [4.69, 9.17) is 22.1 Å². The van der Waals surface area contributed by atoms with Crippen LogP contribution in [0.25, 0.3) is 0 Å². The molecule has 0 spiro atoms. The third-order valence-corrected chi connectivity index (χ3v) is 3.75. The molecule has 136 valence electrons. The van der Waals surface area contributed by atoms with Crippen molar-refractivity contribution in [2.75, 3.05) is 11.9 Å². The van der Waals surface area contributed by atoms with Crippen molar-refractivity contribution in [1.82, 2.24) is 5.32 Å². The van der Waals surface area contributed by atoms with Gasteiger partial charge in [-0.1, -0.05) is 12.1 Å². The third-order valence-electron chi connectivity index (χ3n) is 3.55. The van der Waals surface area contributed by atoms with Gasteiger partial charge in [0.15, 0.2) is 11.7 Å². The molecule has 0 fully saturated rings. The van der Waals surface area contributed by atoms with Crippen molar-refractivity contribution in [3.8, 4) is 5.75 Å². The number of aromatic carboxylic acids is 1. The lowest BCUT2D eigenvalue weighted by Crippen LogP contribution is -2.37. The smallest absolute Gasteiger partial charge is 0.335 e. The second kappa shape index (κ2) is 8.44. The van der Waals surface area contributed by atoms with Crippen LogP contribution in [0.3, 0.4) is 0 Å². The number of nitrogens with one attached hydrogen (secondary N) is 2. The molecule has 6 nitrogen and oxygen atoms in total. The number of carboxylic acids is 1. The van der Waals surface area contributed by atoms with Crippen molar-refractivity contribution < 1.29 is 19.4 Å². The number of carboxylic acid groups (broad SMARTS) is 1. The van der Waals surface area contributed by atoms with E-state index < -0.39 is 11.9 Å². The van der Waals surface area contributed by atoms with Gasteiger partial charge in [-0.05, 0) is 73.9 Å². The first-order valence-electron chi connectivity index (χ1n) is 7.90. The summed E-state index contributed by atoms with van der Waals surface area (Å²) in [6, 6.07) is 10.3. The zero-order valence-corrected chi connectivity index (χ0v) is 15.6. The fraction of sp³-hybridized carbons (Fsp3) is 0.211. The van der Waals surface area contributed by atoms with Crippen molar-refractivity contribution in [2.24, 2.45) is 0 Å². The molecule has 2 aromatic carbocycles. The maximum atomic E-state index is 12.0. The highest BCUT2D eigenvalue weighted by atomic mass is 32.1. The maximum Gasteiger partial charge on any atom is 0.335 e. The van der Waals surface area contributed by atoms with Gasteiger partial charge < -0.3 is 15.2 Å². The summed E-state index contributed by atoms with van der Waals surface area (Å²) in [6.45, 7) is 5.53. The summed E-state index contributed by atoms with van der Waals surface area (Å²) >= 11 is 5.11. The van der Waals surface area contributed by atoms with E-state index in [0.717, 1.165) is 16.7 Å². The van der Waals surface area contributed by atoms with Crippen LogP contribution < -0.4 is 15.4 Å². The molecule has 0 unspecified atom stereocenters. The highest BCUT2D eigenvalue weighted by Crippen LogP contribution is 2.17. The summed E-state index contributed by atoms with van der Waals surface area (Å²) in [5, 5.41) is 14.5. The summed E-state index contributed by atoms with van der Waals surface area (Å²) in [4.78, 5) is 23.0. The second-order valence-electron chi connectivity index (χ2n) is 5.95. The Labute approximate surface area is 157 Å². The van der Waals surface area contributed by atoms with E-state index in [-0.39, 0.29) is 17.3 Å². The van der Waals surface area contributed by atoms with Gasteiger partial charge >= 0.3 is 5.97 Å². The molecular weight excluding hydrogens is 352 g/mol. The zero-order valence-electron chi connectivity index (χ0n) is 14.8. The number of anilines is 1. The van der Waals surface area contributed by atoms with E-state index >= 15 is 0 Å². The normalized spacial score (nSPS) is 10.1. The minimum Gasteiger partial charge on any atom is -0.484 e. The van der Waals surface area contributed by atoms with Gasteiger partial charge in [-0.3, -0.25) is 10.1 Å². The first-order chi connectivity index (χ1) is 12.2. The number of rotatable bonds is 5. The number of benzene rings is 2. The standard InChI is InChI=1S/C19H20N2O4S/c1-11-6-12(2)8-15(7-11)25-10-17(22)21-19(26)20-16-9-14(18(23)24)5-4-13(16)3/h4-9H,10H2,1-3H3,(H,23,24)(H2,20,21,22,26). The van der Waals surface area contributed by atoms with E-state index in [9.17, 15) is 9.59 Å². The summed E-state index contributed by atoms with van der Waals surface area (Å²) in [6.07, 6.45) is 0. The van der Waals surface area contributed by atoms with Crippen molar-refractivity contribution in [2.45, 2.75) is 20.8 Å². The van der Waals surface area contributed by atoms with Crippen molar-refractivity contribution in [3.05, 3.63) is 58.7 Å². The number of ether oxygens (including phenoxy) is 1. The Balaban J connectivity index is 1.92. The van der Waals surface area contributed by atoms with Gasteiger partial charge in [-0.25, -0.2) is 4.79 Å². The molecular formula is C19H20N2O4S. The molecule has 0 aliphatic rings. The average molecular weight is 372 g/mol. The Hall–Kier alpha value is -2.93. The molecule has 0 aliphatic heterocycles. The van der Waals surface area contributed by atoms with E-state index in [2.05, 4.69) is 10.6 Å². The Kier molecular flexibility index (Phi) is 6.30. The number of carbonyl (C=O) groups excluding carboxylic acids is 1. The highest BCUT2D eigenvalue weighted by Gasteiger charge is 2.10. The van der Waals surface area contributed by atoms with Crippen molar-refractivity contribution in [3.63, 3.8) is 0 Å². The molecule has 0 atom stereocenters. The number of thiocarbonyl (C=S) groups is 1. The Morgan fingerprint density at radius 2 is 1.73 bits per heavy atom. The van der Waals surface area contributed by atoms with Crippen LogP contribution in [0, 0.1) is 20.8 Å². The maximum absolute atomic E-state index is 12.0. The van der Waals surface area contributed by atoms with Crippen LogP contribution >= 0.6 is 12.2 Å². The molecule has 0 radical (unpaired) electrons. The molecule has 2 rings (SSSR count). The molecule has 0 bridgehead atoms. The second-order valence-corrected chi connectivity index (χ2v) is 6.36. The first kappa shape index (κ1) is 19.4. The third kappa shape index (κ3) is 5.56. The molecule has 0 aliphatic carbocycles. The number of hydrogen-bond acceptors (Lipinski definition) is 4. The molecule has 0 saturated heterocycles. The summed E-state index contributed by atoms with van der Waals surface area (Å²) < 4.78 is 5.48. The van der Waals surface area contributed by atoms with E-state index in [0.29, 0.717) is 11.4 Å². The first-order valence-corrected chi connectivity index (χ1v) is 8.31. The van der Waals surface area contributed by atoms with Gasteiger partial charge in [0.05, 0.1) is 5.56 Å². The Morgan fingerprint density at radius 1 is 1.08 bits per heavy atom. The van der Waals surface area contributed by atoms with Crippen molar-refractivity contribution >= 4 is 34.9 Å². The predicted molar refractivity (Wildman–Crippen MR) is 104 cm³/mol. The van der Waals surface area contributed by atoms with E-state index in [1.54, 1.807) is 6.07 Å². The fourth-order valence-corrected chi connectivity index (χ4v) is 2.59. The van der Waals surface area contributed by atoms with E-state index in [1.165, 1.54) is 12.1 Å². The average Bonchev–Trinajstić information content (AvgIpc) is 2.54. The summed E-state index contributed by atoms with van der Waals surface area (Å²) in [5.74, 6) is -0.833. The Bertz CT molecular complexity index is 844. The molecule has 0 saturated carbocycles. The molecule has 2 aromatic rings. The minimum absolute atomic E-state index is 0.0738. The molecule has 1 amide bonds. The molecule has 3 N–H and O–H groups in total. The SMILES string of the molecule is Cc1cc(C)cc(OCC(=O)NC(=S)Nc2cc(C(=O)O)ccc2C)c1.